The Balaban J connectivity index is 1.31. The minimum atomic E-state index is -4.60. The van der Waals surface area contributed by atoms with Gasteiger partial charge in [-0.15, -0.1) is 11.3 Å². The SMILES string of the molecule is CS(=O)(=O)Oc1cccc2c1COC(c1csc(C3CCN(C(=O)CON=CC(F)(F)F)CC3)n1)OC2. The molecule has 0 N–H and O–H groups in total. The molecule has 1 amide bonds. The molecule has 1 unspecified atom stereocenters. The van der Waals surface area contributed by atoms with Crippen molar-refractivity contribution in [2.45, 2.75) is 44.4 Å². The Kier molecular flexibility index (Phi) is 8.36. The number of hydrogen-bond donors (Lipinski definition) is 0. The molecule has 1 aromatic heterocycles. The lowest BCUT2D eigenvalue weighted by Gasteiger charge is -2.30. The lowest BCUT2D eigenvalue weighted by molar-refractivity contribution is -0.155. The number of amides is 1. The molecule has 1 saturated heterocycles. The summed E-state index contributed by atoms with van der Waals surface area (Å²) in [6.45, 7) is 0.533. The van der Waals surface area contributed by atoms with Crippen molar-refractivity contribution >= 4 is 33.6 Å². The van der Waals surface area contributed by atoms with Crippen LogP contribution in [-0.2, 0) is 42.4 Å². The van der Waals surface area contributed by atoms with Crippen molar-refractivity contribution in [3.8, 4) is 5.75 Å². The largest absolute Gasteiger partial charge is 0.429 e. The van der Waals surface area contributed by atoms with E-state index in [0.717, 1.165) is 16.8 Å². The van der Waals surface area contributed by atoms with Gasteiger partial charge in [0.2, 0.25) is 6.29 Å². The molecule has 0 saturated carbocycles. The van der Waals surface area contributed by atoms with Crippen LogP contribution in [0.4, 0.5) is 13.2 Å². The van der Waals surface area contributed by atoms with E-state index in [9.17, 15) is 26.4 Å². The summed E-state index contributed by atoms with van der Waals surface area (Å²) in [5.41, 5.74) is 1.94. The van der Waals surface area contributed by atoms with E-state index in [0.29, 0.717) is 37.2 Å². The van der Waals surface area contributed by atoms with E-state index in [1.54, 1.807) is 12.1 Å². The Hall–Kier alpha value is -2.75. The zero-order valence-corrected chi connectivity index (χ0v) is 21.3. The number of rotatable bonds is 7. The van der Waals surface area contributed by atoms with E-state index >= 15 is 0 Å². The first-order chi connectivity index (χ1) is 17.5. The normalized spacial score (nSPS) is 19.5. The van der Waals surface area contributed by atoms with Crippen molar-refractivity contribution in [1.82, 2.24) is 9.88 Å². The molecule has 1 atom stereocenters. The number of fused-ring (bicyclic) bond motifs is 1. The summed E-state index contributed by atoms with van der Waals surface area (Å²) in [6, 6.07) is 5.05. The first kappa shape index (κ1) is 27.3. The number of thiazole rings is 1. The number of benzene rings is 1. The van der Waals surface area contributed by atoms with Gasteiger partial charge in [-0.25, -0.2) is 4.98 Å². The Morgan fingerprint density at radius 2 is 2.00 bits per heavy atom. The molecule has 0 radical (unpaired) electrons. The standard InChI is InChI=1S/C22H24F3N3O7S2/c1-37(30,31)35-18-4-2-3-15-9-32-21(33-10-16(15)18)17-12-36-20(27-17)14-5-7-28(8-6-14)19(29)11-34-26-13-22(23,24)25/h2-4,12-14,21H,5-11H2,1H3. The summed E-state index contributed by atoms with van der Waals surface area (Å²) in [7, 11) is -3.70. The topological polar surface area (TPSA) is 117 Å². The minimum Gasteiger partial charge on any atom is -0.386 e. The first-order valence-corrected chi connectivity index (χ1v) is 13.9. The highest BCUT2D eigenvalue weighted by molar-refractivity contribution is 7.86. The Morgan fingerprint density at radius 1 is 1.27 bits per heavy atom. The number of aromatic nitrogens is 1. The maximum Gasteiger partial charge on any atom is 0.429 e. The summed E-state index contributed by atoms with van der Waals surface area (Å²) in [5.74, 6) is -0.136. The molecule has 15 heteroatoms. The number of piperidine rings is 1. The average Bonchev–Trinajstić information content (AvgIpc) is 3.21. The lowest BCUT2D eigenvalue weighted by atomic mass is 9.97. The van der Waals surface area contributed by atoms with Crippen LogP contribution in [0.3, 0.4) is 0 Å². The maximum atomic E-state index is 12.2. The van der Waals surface area contributed by atoms with Gasteiger partial charge in [-0.2, -0.15) is 21.6 Å². The van der Waals surface area contributed by atoms with E-state index in [1.165, 1.54) is 16.2 Å². The van der Waals surface area contributed by atoms with Crippen molar-refractivity contribution in [2.75, 3.05) is 26.0 Å². The summed E-state index contributed by atoms with van der Waals surface area (Å²) < 4.78 is 76.2. The molecule has 4 rings (SSSR count). The molecular weight excluding hydrogens is 539 g/mol. The summed E-state index contributed by atoms with van der Waals surface area (Å²) in [4.78, 5) is 22.8. The number of nitrogens with zero attached hydrogens (tertiary/aromatic N) is 3. The maximum absolute atomic E-state index is 12.2. The van der Waals surface area contributed by atoms with Gasteiger partial charge < -0.3 is 23.4 Å². The van der Waals surface area contributed by atoms with Crippen LogP contribution in [0.15, 0.2) is 28.7 Å². The Labute approximate surface area is 215 Å². The van der Waals surface area contributed by atoms with Crippen LogP contribution in [0, 0.1) is 0 Å². The fraction of sp³-hybridized carbons (Fsp3) is 0.500. The molecule has 37 heavy (non-hydrogen) atoms. The second kappa shape index (κ2) is 11.3. The van der Waals surface area contributed by atoms with Gasteiger partial charge in [0.1, 0.15) is 17.7 Å². The number of ether oxygens (including phenoxy) is 2. The van der Waals surface area contributed by atoms with Crippen molar-refractivity contribution < 1.29 is 44.9 Å². The van der Waals surface area contributed by atoms with Crippen LogP contribution in [0.5, 0.6) is 5.75 Å². The van der Waals surface area contributed by atoms with Crippen LogP contribution < -0.4 is 4.18 Å². The molecule has 2 aliphatic rings. The van der Waals surface area contributed by atoms with Gasteiger partial charge in [0, 0.05) is 30.0 Å². The summed E-state index contributed by atoms with van der Waals surface area (Å²) in [5, 5.41) is 5.47. The van der Waals surface area contributed by atoms with E-state index < -0.39 is 35.1 Å². The first-order valence-electron chi connectivity index (χ1n) is 11.2. The third-order valence-electron chi connectivity index (χ3n) is 5.68. The van der Waals surface area contributed by atoms with Gasteiger partial charge in [0.15, 0.2) is 6.61 Å². The Morgan fingerprint density at radius 3 is 2.70 bits per heavy atom. The molecule has 202 valence electrons. The molecule has 2 aromatic rings. The quantitative estimate of drug-likeness (QED) is 0.286. The van der Waals surface area contributed by atoms with E-state index in [4.69, 9.17) is 13.7 Å². The number of carbonyl (C=O) groups is 1. The number of carbonyl (C=O) groups excluding carboxylic acids is 1. The van der Waals surface area contributed by atoms with Gasteiger partial charge in [0.05, 0.1) is 24.5 Å². The molecule has 2 aliphatic heterocycles. The smallest absolute Gasteiger partial charge is 0.386 e. The van der Waals surface area contributed by atoms with Crippen LogP contribution in [-0.4, -0.2) is 62.6 Å². The second-order valence-corrected chi connectivity index (χ2v) is 10.9. The number of hydrogen-bond acceptors (Lipinski definition) is 10. The molecule has 1 fully saturated rings. The van der Waals surface area contributed by atoms with Crippen molar-refractivity contribution in [2.24, 2.45) is 5.16 Å². The third-order valence-corrected chi connectivity index (χ3v) is 7.19. The Bertz CT molecular complexity index is 1240. The fourth-order valence-corrected chi connectivity index (χ4v) is 5.42. The van der Waals surface area contributed by atoms with Gasteiger partial charge in [-0.3, -0.25) is 4.79 Å². The summed E-state index contributed by atoms with van der Waals surface area (Å²) >= 11 is 1.45. The fourth-order valence-electron chi connectivity index (χ4n) is 3.95. The molecular formula is C22H24F3N3O7S2. The highest BCUT2D eigenvalue weighted by Crippen LogP contribution is 2.36. The molecule has 0 spiro atoms. The van der Waals surface area contributed by atoms with Crippen LogP contribution in [0.25, 0.3) is 0 Å². The second-order valence-electron chi connectivity index (χ2n) is 8.45. The van der Waals surface area contributed by atoms with Crippen LogP contribution in [0.1, 0.15) is 46.9 Å². The zero-order chi connectivity index (χ0) is 26.6. The van der Waals surface area contributed by atoms with Crippen molar-refractivity contribution in [3.05, 3.63) is 45.4 Å². The number of oxime groups is 1. The lowest BCUT2D eigenvalue weighted by Crippen LogP contribution is -2.39. The van der Waals surface area contributed by atoms with Crippen LogP contribution in [0.2, 0.25) is 0 Å². The van der Waals surface area contributed by atoms with Gasteiger partial charge in [-0.1, -0.05) is 17.3 Å². The number of likely N-dealkylation sites (tertiary alicyclic amines) is 1. The van der Waals surface area contributed by atoms with Crippen molar-refractivity contribution in [3.63, 3.8) is 0 Å². The van der Waals surface area contributed by atoms with E-state index in [2.05, 4.69) is 15.0 Å². The molecule has 3 heterocycles. The van der Waals surface area contributed by atoms with Crippen LogP contribution >= 0.6 is 11.3 Å². The number of halogens is 3. The predicted octanol–water partition coefficient (Wildman–Crippen LogP) is 3.50. The van der Waals surface area contributed by atoms with Gasteiger partial charge >= 0.3 is 16.3 Å². The molecule has 0 aliphatic carbocycles. The highest BCUT2D eigenvalue weighted by Gasteiger charge is 2.29. The number of alkyl halides is 3. The van der Waals surface area contributed by atoms with E-state index in [-0.39, 0.29) is 31.1 Å². The monoisotopic (exact) mass is 563 g/mol. The van der Waals surface area contributed by atoms with Crippen molar-refractivity contribution in [1.29, 1.82) is 0 Å². The average molecular weight is 564 g/mol. The third kappa shape index (κ3) is 7.63. The molecule has 0 bridgehead atoms. The molecule has 1 aromatic carbocycles. The minimum absolute atomic E-state index is 0.0775. The van der Waals surface area contributed by atoms with E-state index in [1.807, 2.05) is 11.4 Å². The van der Waals surface area contributed by atoms with Gasteiger partial charge in [0.25, 0.3) is 5.91 Å². The van der Waals surface area contributed by atoms with Gasteiger partial charge in [-0.05, 0) is 24.5 Å². The molecule has 10 nitrogen and oxygen atoms in total. The predicted molar refractivity (Wildman–Crippen MR) is 125 cm³/mol. The summed E-state index contributed by atoms with van der Waals surface area (Å²) in [6.07, 6.45) is -3.42. The zero-order valence-electron chi connectivity index (χ0n) is 19.6. The highest BCUT2D eigenvalue weighted by atomic mass is 32.2.